The topological polar surface area (TPSA) is 81.5 Å². The molecule has 0 aliphatic carbocycles. The first-order valence-electron chi connectivity index (χ1n) is 6.80. The van der Waals surface area contributed by atoms with Gasteiger partial charge in [0.05, 0.1) is 0 Å². The summed E-state index contributed by atoms with van der Waals surface area (Å²) in [6.07, 6.45) is -0.664. The molecule has 1 aromatic rings. The molecule has 0 aromatic heterocycles. The number of alkyl carbamates (subject to hydrolysis) is 1. The summed E-state index contributed by atoms with van der Waals surface area (Å²) in [5, 5.41) is 13.7. The summed E-state index contributed by atoms with van der Waals surface area (Å²) in [4.78, 5) is 22.6. The Morgan fingerprint density at radius 3 is 2.48 bits per heavy atom. The molecule has 0 saturated carbocycles. The summed E-state index contributed by atoms with van der Waals surface area (Å²) in [6, 6.07) is 5.58. The second-order valence-corrected chi connectivity index (χ2v) is 6.06. The minimum Gasteiger partial charge on any atom is -0.444 e. The number of hydrogen-bond acceptors (Lipinski definition) is 4. The van der Waals surface area contributed by atoms with Crippen LogP contribution in [-0.4, -0.2) is 22.7 Å². The van der Waals surface area contributed by atoms with E-state index in [9.17, 15) is 14.9 Å². The first kappa shape index (κ1) is 16.9. The van der Waals surface area contributed by atoms with E-state index < -0.39 is 28.7 Å². The first-order valence-corrected chi connectivity index (χ1v) is 6.80. The molecule has 6 nitrogen and oxygen atoms in total. The molecular weight excluding hydrogens is 272 g/mol. The van der Waals surface area contributed by atoms with Gasteiger partial charge in [-0.25, -0.2) is 4.79 Å². The van der Waals surface area contributed by atoms with Crippen molar-refractivity contribution in [2.75, 3.05) is 0 Å². The molecule has 0 saturated heterocycles. The van der Waals surface area contributed by atoms with Gasteiger partial charge in [-0.3, -0.25) is 10.1 Å². The van der Waals surface area contributed by atoms with E-state index in [0.29, 0.717) is 5.56 Å². The quantitative estimate of drug-likeness (QED) is 0.682. The van der Waals surface area contributed by atoms with Crippen LogP contribution in [0.1, 0.15) is 44.9 Å². The number of rotatable bonds is 4. The molecule has 2 atom stereocenters. The Kier molecular flexibility index (Phi) is 5.29. The standard InChI is InChI=1S/C15H22N2O4/c1-10-7-6-8-12(9-10)13(11(2)17(19)20)16-14(18)21-15(3,4)5/h6-9,11,13H,1-5H3,(H,16,18)/t11-,13-/m0/s1. The zero-order chi connectivity index (χ0) is 16.2. The first-order chi connectivity index (χ1) is 9.60. The monoisotopic (exact) mass is 294 g/mol. The van der Waals surface area contributed by atoms with Gasteiger partial charge in [-0.2, -0.15) is 0 Å². The fraction of sp³-hybridized carbons (Fsp3) is 0.533. The number of amides is 1. The molecule has 0 heterocycles. The number of nitrogens with zero attached hydrogens (tertiary/aromatic N) is 1. The zero-order valence-electron chi connectivity index (χ0n) is 13.0. The average molecular weight is 294 g/mol. The smallest absolute Gasteiger partial charge is 0.408 e. The summed E-state index contributed by atoms with van der Waals surface area (Å²) in [7, 11) is 0. The van der Waals surface area contributed by atoms with Crippen molar-refractivity contribution in [2.45, 2.75) is 52.3 Å². The fourth-order valence-electron chi connectivity index (χ4n) is 1.90. The van der Waals surface area contributed by atoms with Crippen LogP contribution >= 0.6 is 0 Å². The lowest BCUT2D eigenvalue weighted by atomic mass is 9.99. The zero-order valence-corrected chi connectivity index (χ0v) is 13.0. The predicted molar refractivity (Wildman–Crippen MR) is 79.7 cm³/mol. The van der Waals surface area contributed by atoms with Crippen LogP contribution < -0.4 is 5.32 Å². The van der Waals surface area contributed by atoms with Crippen molar-refractivity contribution >= 4 is 6.09 Å². The molecule has 1 N–H and O–H groups in total. The predicted octanol–water partition coefficient (Wildman–Crippen LogP) is 3.23. The van der Waals surface area contributed by atoms with E-state index in [0.717, 1.165) is 5.56 Å². The number of hydrogen-bond donors (Lipinski definition) is 1. The molecule has 0 spiro atoms. The van der Waals surface area contributed by atoms with Gasteiger partial charge in [-0.15, -0.1) is 0 Å². The molecule has 116 valence electrons. The molecule has 0 fully saturated rings. The Morgan fingerprint density at radius 1 is 1.38 bits per heavy atom. The maximum Gasteiger partial charge on any atom is 0.408 e. The Morgan fingerprint density at radius 2 is 2.00 bits per heavy atom. The molecule has 1 rings (SSSR count). The van der Waals surface area contributed by atoms with E-state index in [1.165, 1.54) is 6.92 Å². The van der Waals surface area contributed by atoms with Crippen molar-refractivity contribution in [1.82, 2.24) is 5.32 Å². The third kappa shape index (κ3) is 5.41. The van der Waals surface area contributed by atoms with Gasteiger partial charge < -0.3 is 10.1 Å². The van der Waals surface area contributed by atoms with Crippen molar-refractivity contribution in [3.8, 4) is 0 Å². The minimum absolute atomic E-state index is 0.412. The lowest BCUT2D eigenvalue weighted by molar-refractivity contribution is -0.523. The van der Waals surface area contributed by atoms with E-state index in [1.54, 1.807) is 32.9 Å². The summed E-state index contributed by atoms with van der Waals surface area (Å²) >= 11 is 0. The molecular formula is C15H22N2O4. The number of nitrogens with one attached hydrogen (secondary N) is 1. The SMILES string of the molecule is Cc1cccc([C@@H](NC(=O)OC(C)(C)C)[C@H](C)[N+](=O)[O-])c1. The van der Waals surface area contributed by atoms with E-state index in [-0.39, 0.29) is 0 Å². The second-order valence-electron chi connectivity index (χ2n) is 6.06. The van der Waals surface area contributed by atoms with Crippen molar-refractivity contribution in [1.29, 1.82) is 0 Å². The van der Waals surface area contributed by atoms with Gasteiger partial charge in [0.1, 0.15) is 11.6 Å². The van der Waals surface area contributed by atoms with Crippen molar-refractivity contribution in [3.05, 3.63) is 45.5 Å². The lowest BCUT2D eigenvalue weighted by Gasteiger charge is -2.24. The number of ether oxygens (including phenoxy) is 1. The van der Waals surface area contributed by atoms with Crippen LogP contribution in [-0.2, 0) is 4.74 Å². The Balaban J connectivity index is 2.99. The van der Waals surface area contributed by atoms with Crippen LogP contribution in [0.3, 0.4) is 0 Å². The molecule has 0 radical (unpaired) electrons. The Bertz CT molecular complexity index is 523. The number of nitro groups is 1. The molecule has 1 amide bonds. The molecule has 21 heavy (non-hydrogen) atoms. The molecule has 0 unspecified atom stereocenters. The maximum absolute atomic E-state index is 11.9. The minimum atomic E-state index is -0.959. The summed E-state index contributed by atoms with van der Waals surface area (Å²) in [6.45, 7) is 8.58. The summed E-state index contributed by atoms with van der Waals surface area (Å²) < 4.78 is 5.18. The summed E-state index contributed by atoms with van der Waals surface area (Å²) in [5.74, 6) is 0. The Hall–Kier alpha value is -2.11. The number of aryl methyl sites for hydroxylation is 1. The van der Waals surface area contributed by atoms with Gasteiger partial charge in [0.2, 0.25) is 6.04 Å². The van der Waals surface area contributed by atoms with Crippen LogP contribution in [0.4, 0.5) is 4.79 Å². The van der Waals surface area contributed by atoms with Crippen LogP contribution in [0.5, 0.6) is 0 Å². The number of carbonyl (C=O) groups excluding carboxylic acids is 1. The number of benzene rings is 1. The lowest BCUT2D eigenvalue weighted by Crippen LogP contribution is -2.41. The molecule has 0 aliphatic heterocycles. The highest BCUT2D eigenvalue weighted by molar-refractivity contribution is 5.68. The second kappa shape index (κ2) is 6.56. The largest absolute Gasteiger partial charge is 0.444 e. The molecule has 6 heteroatoms. The third-order valence-corrected chi connectivity index (χ3v) is 2.89. The van der Waals surface area contributed by atoms with Crippen LogP contribution in [0, 0.1) is 17.0 Å². The highest BCUT2D eigenvalue weighted by Crippen LogP contribution is 2.21. The number of carbonyl (C=O) groups is 1. The fourth-order valence-corrected chi connectivity index (χ4v) is 1.90. The molecule has 1 aromatic carbocycles. The van der Waals surface area contributed by atoms with E-state index in [2.05, 4.69) is 5.32 Å². The summed E-state index contributed by atoms with van der Waals surface area (Å²) in [5.41, 5.74) is 1.00. The van der Waals surface area contributed by atoms with Gasteiger partial charge in [0, 0.05) is 11.8 Å². The highest BCUT2D eigenvalue weighted by Gasteiger charge is 2.31. The van der Waals surface area contributed by atoms with Gasteiger partial charge in [0.25, 0.3) is 0 Å². The van der Waals surface area contributed by atoms with E-state index in [1.807, 2.05) is 19.1 Å². The van der Waals surface area contributed by atoms with Gasteiger partial charge in [-0.1, -0.05) is 29.8 Å². The van der Waals surface area contributed by atoms with E-state index in [4.69, 9.17) is 4.74 Å². The normalized spacial score (nSPS) is 14.1. The van der Waals surface area contributed by atoms with Crippen LogP contribution in [0.15, 0.2) is 24.3 Å². The van der Waals surface area contributed by atoms with Gasteiger partial charge >= 0.3 is 6.09 Å². The molecule has 0 bridgehead atoms. The average Bonchev–Trinajstić information content (AvgIpc) is 2.32. The van der Waals surface area contributed by atoms with Crippen molar-refractivity contribution < 1.29 is 14.5 Å². The van der Waals surface area contributed by atoms with Gasteiger partial charge in [-0.05, 0) is 33.3 Å². The van der Waals surface area contributed by atoms with Crippen molar-refractivity contribution in [2.24, 2.45) is 0 Å². The van der Waals surface area contributed by atoms with Gasteiger partial charge in [0.15, 0.2) is 0 Å². The van der Waals surface area contributed by atoms with Crippen LogP contribution in [0.25, 0.3) is 0 Å². The Labute approximate surface area is 124 Å². The maximum atomic E-state index is 11.9. The molecule has 0 aliphatic rings. The third-order valence-electron chi connectivity index (χ3n) is 2.89. The van der Waals surface area contributed by atoms with Crippen LogP contribution in [0.2, 0.25) is 0 Å². The van der Waals surface area contributed by atoms with E-state index >= 15 is 0 Å². The van der Waals surface area contributed by atoms with Crippen molar-refractivity contribution in [3.63, 3.8) is 0 Å². The highest BCUT2D eigenvalue weighted by atomic mass is 16.6.